The first-order valence-corrected chi connectivity index (χ1v) is 10.3. The maximum Gasteiger partial charge on any atom is 0.313 e. The van der Waals surface area contributed by atoms with Gasteiger partial charge in [0.05, 0.1) is 32.8 Å². The summed E-state index contributed by atoms with van der Waals surface area (Å²) in [7, 11) is 0. The van der Waals surface area contributed by atoms with Crippen molar-refractivity contribution in [3.05, 3.63) is 69.1 Å². The van der Waals surface area contributed by atoms with Crippen molar-refractivity contribution in [2.24, 2.45) is 5.11 Å². The summed E-state index contributed by atoms with van der Waals surface area (Å²) >= 11 is 0. The van der Waals surface area contributed by atoms with Crippen LogP contribution < -0.4 is 9.47 Å². The SMILES string of the molecule is Cc1c(F)c(F)c(F)c(OC(=O)CCOCCc2cccc(OCCOCCN=[N+]=[N-])c2)c1F. The topological polar surface area (TPSA) is 103 Å². The van der Waals surface area contributed by atoms with Gasteiger partial charge in [0.15, 0.2) is 17.5 Å². The smallest absolute Gasteiger partial charge is 0.313 e. The Morgan fingerprint density at radius 2 is 1.74 bits per heavy atom. The zero-order valence-electron chi connectivity index (χ0n) is 18.4. The summed E-state index contributed by atoms with van der Waals surface area (Å²) in [5.41, 5.74) is 8.28. The van der Waals surface area contributed by atoms with Gasteiger partial charge in [-0.15, -0.1) is 0 Å². The van der Waals surface area contributed by atoms with E-state index in [-0.39, 0.29) is 26.2 Å². The lowest BCUT2D eigenvalue weighted by Gasteiger charge is -2.10. The van der Waals surface area contributed by atoms with Crippen LogP contribution in [-0.4, -0.2) is 45.5 Å². The number of ether oxygens (including phenoxy) is 4. The van der Waals surface area contributed by atoms with Crippen LogP contribution in [0.4, 0.5) is 17.6 Å². The number of carbonyl (C=O) groups excluding carboxylic acids is 1. The van der Waals surface area contributed by atoms with Gasteiger partial charge in [0.25, 0.3) is 0 Å². The molecule has 0 aromatic heterocycles. The Bertz CT molecular complexity index is 1000. The highest BCUT2D eigenvalue weighted by Crippen LogP contribution is 2.29. The van der Waals surface area contributed by atoms with Gasteiger partial charge >= 0.3 is 5.97 Å². The summed E-state index contributed by atoms with van der Waals surface area (Å²) in [4.78, 5) is 14.4. The van der Waals surface area contributed by atoms with Crippen molar-refractivity contribution in [2.45, 2.75) is 19.8 Å². The molecule has 0 atom stereocenters. The Morgan fingerprint density at radius 3 is 2.50 bits per heavy atom. The highest BCUT2D eigenvalue weighted by Gasteiger charge is 2.26. The summed E-state index contributed by atoms with van der Waals surface area (Å²) < 4.78 is 75.0. The molecule has 0 aliphatic carbocycles. The Balaban J connectivity index is 1.69. The maximum atomic E-state index is 13.9. The van der Waals surface area contributed by atoms with E-state index in [0.717, 1.165) is 12.5 Å². The van der Waals surface area contributed by atoms with Crippen LogP contribution in [0.2, 0.25) is 0 Å². The first kappa shape index (κ1) is 26.9. The van der Waals surface area contributed by atoms with Crippen LogP contribution in [0.1, 0.15) is 17.5 Å². The molecule has 0 bridgehead atoms. The van der Waals surface area contributed by atoms with E-state index in [1.54, 1.807) is 12.1 Å². The predicted octanol–water partition coefficient (Wildman–Crippen LogP) is 4.81. The van der Waals surface area contributed by atoms with Gasteiger partial charge in [-0.2, -0.15) is 4.39 Å². The molecule has 2 rings (SSSR count). The van der Waals surface area contributed by atoms with E-state index >= 15 is 0 Å². The fourth-order valence-corrected chi connectivity index (χ4v) is 2.69. The van der Waals surface area contributed by atoms with Gasteiger partial charge in [-0.1, -0.05) is 17.2 Å². The van der Waals surface area contributed by atoms with E-state index in [1.165, 1.54) is 0 Å². The quantitative estimate of drug-likeness (QED) is 0.0440. The Labute approximate surface area is 193 Å². The third-order valence-corrected chi connectivity index (χ3v) is 4.44. The number of hydrogen-bond donors (Lipinski definition) is 0. The van der Waals surface area contributed by atoms with Crippen molar-refractivity contribution in [1.29, 1.82) is 0 Å². The second-order valence-corrected chi connectivity index (χ2v) is 6.86. The van der Waals surface area contributed by atoms with Gasteiger partial charge in [0.1, 0.15) is 12.4 Å². The fraction of sp³-hybridized carbons (Fsp3) is 0.409. The summed E-state index contributed by atoms with van der Waals surface area (Å²) in [6.45, 7) is 2.25. The van der Waals surface area contributed by atoms with Crippen LogP contribution in [0.15, 0.2) is 29.4 Å². The first-order chi connectivity index (χ1) is 16.3. The molecule has 34 heavy (non-hydrogen) atoms. The molecule has 0 fully saturated rings. The van der Waals surface area contributed by atoms with Crippen molar-refractivity contribution in [3.63, 3.8) is 0 Å². The van der Waals surface area contributed by atoms with E-state index in [4.69, 9.17) is 19.7 Å². The van der Waals surface area contributed by atoms with Gasteiger partial charge in [-0.05, 0) is 36.6 Å². The van der Waals surface area contributed by atoms with E-state index in [1.807, 2.05) is 12.1 Å². The zero-order valence-corrected chi connectivity index (χ0v) is 18.4. The molecule has 184 valence electrons. The Kier molecular flexibility index (Phi) is 11.1. The number of rotatable bonds is 14. The number of azide groups is 1. The van der Waals surface area contributed by atoms with Crippen LogP contribution in [0.3, 0.4) is 0 Å². The molecule has 0 spiro atoms. The largest absolute Gasteiger partial charge is 0.491 e. The molecule has 0 saturated carbocycles. The Hall–Kier alpha value is -3.34. The van der Waals surface area contributed by atoms with Gasteiger partial charge in [-0.3, -0.25) is 4.79 Å². The molecule has 8 nitrogen and oxygen atoms in total. The lowest BCUT2D eigenvalue weighted by atomic mass is 10.1. The number of benzene rings is 2. The van der Waals surface area contributed by atoms with Gasteiger partial charge in [-0.25, -0.2) is 13.2 Å². The first-order valence-electron chi connectivity index (χ1n) is 10.3. The minimum atomic E-state index is -1.91. The van der Waals surface area contributed by atoms with Crippen molar-refractivity contribution >= 4 is 5.97 Å². The molecular weight excluding hydrogens is 462 g/mol. The molecule has 2 aromatic carbocycles. The van der Waals surface area contributed by atoms with Gasteiger partial charge in [0.2, 0.25) is 11.6 Å². The minimum Gasteiger partial charge on any atom is -0.491 e. The molecule has 0 aliphatic rings. The summed E-state index contributed by atoms with van der Waals surface area (Å²) in [5.74, 6) is -8.68. The average Bonchev–Trinajstić information content (AvgIpc) is 2.83. The third-order valence-electron chi connectivity index (χ3n) is 4.44. The lowest BCUT2D eigenvalue weighted by molar-refractivity contribution is -0.136. The molecule has 0 aliphatic heterocycles. The Morgan fingerprint density at radius 1 is 0.971 bits per heavy atom. The molecule has 0 unspecified atom stereocenters. The van der Waals surface area contributed by atoms with E-state index in [2.05, 4.69) is 14.8 Å². The molecule has 0 N–H and O–H groups in total. The van der Waals surface area contributed by atoms with Crippen LogP contribution >= 0.6 is 0 Å². The predicted molar refractivity (Wildman–Crippen MR) is 113 cm³/mol. The fourth-order valence-electron chi connectivity index (χ4n) is 2.69. The van der Waals surface area contributed by atoms with Crippen molar-refractivity contribution in [1.82, 2.24) is 0 Å². The van der Waals surface area contributed by atoms with Gasteiger partial charge in [0, 0.05) is 17.0 Å². The maximum absolute atomic E-state index is 13.9. The molecule has 12 heteroatoms. The van der Waals surface area contributed by atoms with Crippen molar-refractivity contribution < 1.29 is 41.3 Å². The standard InChI is InChI=1S/C22H23F4N3O5/c1-14-18(23)20(25)21(26)22(19(14)24)34-17(30)6-9-31-8-5-15-3-2-4-16(13-15)33-12-11-32-10-7-28-29-27/h2-4,13H,5-12H2,1H3. The van der Waals surface area contributed by atoms with E-state index < -0.39 is 40.6 Å². The normalized spacial score (nSPS) is 10.6. The summed E-state index contributed by atoms with van der Waals surface area (Å²) in [5, 5.41) is 3.35. The van der Waals surface area contributed by atoms with Crippen molar-refractivity contribution in [3.8, 4) is 11.5 Å². The number of hydrogen-bond acceptors (Lipinski definition) is 6. The number of carbonyl (C=O) groups is 1. The average molecular weight is 485 g/mol. The van der Waals surface area contributed by atoms with Gasteiger partial charge < -0.3 is 18.9 Å². The highest BCUT2D eigenvalue weighted by atomic mass is 19.2. The number of nitrogens with zero attached hydrogens (tertiary/aromatic N) is 3. The molecule has 0 heterocycles. The van der Waals surface area contributed by atoms with E-state index in [9.17, 15) is 22.4 Å². The monoisotopic (exact) mass is 485 g/mol. The lowest BCUT2D eigenvalue weighted by Crippen LogP contribution is -2.15. The third kappa shape index (κ3) is 8.22. The minimum absolute atomic E-state index is 0.103. The second kappa shape index (κ2) is 14.0. The van der Waals surface area contributed by atoms with E-state index in [0.29, 0.717) is 32.0 Å². The molecule has 0 amide bonds. The summed E-state index contributed by atoms with van der Waals surface area (Å²) in [6.07, 6.45) is 0.153. The molecule has 0 radical (unpaired) electrons. The van der Waals surface area contributed by atoms with Crippen LogP contribution in [0, 0.1) is 30.2 Å². The zero-order chi connectivity index (χ0) is 24.9. The second-order valence-electron chi connectivity index (χ2n) is 6.86. The highest BCUT2D eigenvalue weighted by molar-refractivity contribution is 5.72. The van der Waals surface area contributed by atoms with Crippen LogP contribution in [0.5, 0.6) is 11.5 Å². The van der Waals surface area contributed by atoms with Crippen LogP contribution in [0.25, 0.3) is 10.4 Å². The number of halogens is 4. The molecule has 0 saturated heterocycles. The number of esters is 1. The summed E-state index contributed by atoms with van der Waals surface area (Å²) in [6, 6.07) is 7.25. The molecular formula is C22H23F4N3O5. The van der Waals surface area contributed by atoms with Crippen molar-refractivity contribution in [2.75, 3.05) is 39.6 Å². The molecule has 2 aromatic rings. The van der Waals surface area contributed by atoms with Crippen LogP contribution in [-0.2, 0) is 20.7 Å².